The van der Waals surface area contributed by atoms with Gasteiger partial charge in [0.2, 0.25) is 0 Å². The molecule has 1 aromatic carbocycles. The SMILES string of the molecule is Cc1cccn2c(N)c(-c3cc(F)ccc3Br)nc12. The van der Waals surface area contributed by atoms with Gasteiger partial charge in [0.25, 0.3) is 0 Å². The van der Waals surface area contributed by atoms with Gasteiger partial charge < -0.3 is 5.73 Å². The Kier molecular flexibility index (Phi) is 2.78. The summed E-state index contributed by atoms with van der Waals surface area (Å²) in [7, 11) is 0. The second-order valence-electron chi connectivity index (χ2n) is 4.35. The topological polar surface area (TPSA) is 43.3 Å². The highest BCUT2D eigenvalue weighted by Gasteiger charge is 2.15. The number of halogens is 2. The summed E-state index contributed by atoms with van der Waals surface area (Å²) in [5.41, 5.74) is 9.16. The molecule has 0 unspecified atom stereocenters. The van der Waals surface area contributed by atoms with Crippen LogP contribution >= 0.6 is 15.9 Å². The minimum absolute atomic E-state index is 0.314. The van der Waals surface area contributed by atoms with Crippen molar-refractivity contribution in [3.8, 4) is 11.3 Å². The maximum atomic E-state index is 13.4. The number of pyridine rings is 1. The molecule has 2 aromatic heterocycles. The highest BCUT2D eigenvalue weighted by Crippen LogP contribution is 2.33. The summed E-state index contributed by atoms with van der Waals surface area (Å²) < 4.78 is 16.0. The van der Waals surface area contributed by atoms with Gasteiger partial charge >= 0.3 is 0 Å². The number of hydrogen-bond acceptors (Lipinski definition) is 2. The smallest absolute Gasteiger partial charge is 0.142 e. The lowest BCUT2D eigenvalue weighted by atomic mass is 10.1. The van der Waals surface area contributed by atoms with E-state index in [2.05, 4.69) is 20.9 Å². The average Bonchev–Trinajstić information content (AvgIpc) is 2.72. The molecule has 5 heteroatoms. The minimum Gasteiger partial charge on any atom is -0.383 e. The van der Waals surface area contributed by atoms with Crippen molar-refractivity contribution in [2.45, 2.75) is 6.92 Å². The molecule has 3 nitrogen and oxygen atoms in total. The Morgan fingerprint density at radius 2 is 2.11 bits per heavy atom. The summed E-state index contributed by atoms with van der Waals surface area (Å²) >= 11 is 3.41. The third-order valence-corrected chi connectivity index (χ3v) is 3.76. The third kappa shape index (κ3) is 1.90. The number of hydrogen-bond donors (Lipinski definition) is 1. The van der Waals surface area contributed by atoms with Crippen molar-refractivity contribution in [1.29, 1.82) is 0 Å². The van der Waals surface area contributed by atoms with Crippen LogP contribution in [0.25, 0.3) is 16.9 Å². The Hall–Kier alpha value is -1.88. The highest BCUT2D eigenvalue weighted by atomic mass is 79.9. The molecule has 0 amide bonds. The van der Waals surface area contributed by atoms with Crippen LogP contribution < -0.4 is 5.73 Å². The normalized spacial score (nSPS) is 11.1. The van der Waals surface area contributed by atoms with Gasteiger partial charge in [0.15, 0.2) is 0 Å². The number of nitrogen functional groups attached to an aromatic ring is 1. The number of imidazole rings is 1. The first-order valence-electron chi connectivity index (χ1n) is 5.76. The molecule has 0 saturated carbocycles. The number of aromatic nitrogens is 2. The van der Waals surface area contributed by atoms with Crippen molar-refractivity contribution >= 4 is 27.4 Å². The summed E-state index contributed by atoms with van der Waals surface area (Å²) in [5, 5.41) is 0. The molecule has 0 fully saturated rings. The second kappa shape index (κ2) is 4.35. The van der Waals surface area contributed by atoms with Crippen LogP contribution in [-0.4, -0.2) is 9.38 Å². The molecule has 3 aromatic rings. The number of fused-ring (bicyclic) bond motifs is 1. The van der Waals surface area contributed by atoms with Gasteiger partial charge in [-0.25, -0.2) is 9.37 Å². The number of rotatable bonds is 1. The van der Waals surface area contributed by atoms with Crippen LogP contribution in [0.1, 0.15) is 5.56 Å². The molecule has 2 N–H and O–H groups in total. The molecule has 0 saturated heterocycles. The van der Waals surface area contributed by atoms with Gasteiger partial charge in [-0.15, -0.1) is 0 Å². The van der Waals surface area contributed by atoms with E-state index in [0.29, 0.717) is 17.1 Å². The van der Waals surface area contributed by atoms with E-state index in [4.69, 9.17) is 5.73 Å². The van der Waals surface area contributed by atoms with Crippen LogP contribution in [0.15, 0.2) is 41.0 Å². The van der Waals surface area contributed by atoms with Crippen LogP contribution in [0.5, 0.6) is 0 Å². The van der Waals surface area contributed by atoms with Gasteiger partial charge in [0, 0.05) is 16.2 Å². The standard InChI is InChI=1S/C14H11BrFN3/c1-8-3-2-6-19-13(17)12(18-14(8)19)10-7-9(16)4-5-11(10)15/h2-7H,17H2,1H3. The summed E-state index contributed by atoms with van der Waals surface area (Å²) in [6.45, 7) is 1.96. The van der Waals surface area contributed by atoms with E-state index in [-0.39, 0.29) is 5.82 Å². The lowest BCUT2D eigenvalue weighted by Crippen LogP contribution is -1.94. The van der Waals surface area contributed by atoms with E-state index in [1.54, 1.807) is 6.07 Å². The fraction of sp³-hybridized carbons (Fsp3) is 0.0714. The van der Waals surface area contributed by atoms with Crippen LogP contribution in [0.2, 0.25) is 0 Å². The Morgan fingerprint density at radius 3 is 2.84 bits per heavy atom. The van der Waals surface area contributed by atoms with E-state index in [1.165, 1.54) is 12.1 Å². The maximum Gasteiger partial charge on any atom is 0.142 e. The average molecular weight is 320 g/mol. The zero-order chi connectivity index (χ0) is 13.6. The number of anilines is 1. The summed E-state index contributed by atoms with van der Waals surface area (Å²) in [5.74, 6) is 0.191. The van der Waals surface area contributed by atoms with E-state index in [9.17, 15) is 4.39 Å². The fourth-order valence-electron chi connectivity index (χ4n) is 2.10. The Balaban J connectivity index is 2.34. The van der Waals surface area contributed by atoms with E-state index >= 15 is 0 Å². The van der Waals surface area contributed by atoms with Gasteiger partial charge in [-0.2, -0.15) is 0 Å². The van der Waals surface area contributed by atoms with Gasteiger partial charge in [0.05, 0.1) is 0 Å². The number of aryl methyl sites for hydroxylation is 1. The molecule has 0 radical (unpaired) electrons. The van der Waals surface area contributed by atoms with Crippen molar-refractivity contribution < 1.29 is 4.39 Å². The van der Waals surface area contributed by atoms with E-state index in [1.807, 2.05) is 29.7 Å². The third-order valence-electron chi connectivity index (χ3n) is 3.07. The number of benzene rings is 1. The predicted octanol–water partition coefficient (Wildman–Crippen LogP) is 3.79. The monoisotopic (exact) mass is 319 g/mol. The van der Waals surface area contributed by atoms with Crippen molar-refractivity contribution in [3.63, 3.8) is 0 Å². The largest absolute Gasteiger partial charge is 0.383 e. The fourth-order valence-corrected chi connectivity index (χ4v) is 2.53. The molecule has 0 aliphatic heterocycles. The van der Waals surface area contributed by atoms with Crippen molar-refractivity contribution in [2.24, 2.45) is 0 Å². The Morgan fingerprint density at radius 1 is 1.32 bits per heavy atom. The summed E-state index contributed by atoms with van der Waals surface area (Å²) in [6, 6.07) is 8.35. The zero-order valence-corrected chi connectivity index (χ0v) is 11.8. The molecule has 2 heterocycles. The molecule has 96 valence electrons. The van der Waals surface area contributed by atoms with Crippen LogP contribution in [0, 0.1) is 12.7 Å². The predicted molar refractivity (Wildman–Crippen MR) is 77.4 cm³/mol. The molecule has 0 atom stereocenters. The molecular weight excluding hydrogens is 309 g/mol. The highest BCUT2D eigenvalue weighted by molar-refractivity contribution is 9.10. The summed E-state index contributed by atoms with van der Waals surface area (Å²) in [4.78, 5) is 4.53. The quantitative estimate of drug-likeness (QED) is 0.741. The number of nitrogens with two attached hydrogens (primary N) is 1. The Bertz CT molecular complexity index is 780. The first-order valence-corrected chi connectivity index (χ1v) is 6.56. The van der Waals surface area contributed by atoms with Crippen molar-refractivity contribution in [1.82, 2.24) is 9.38 Å². The zero-order valence-electron chi connectivity index (χ0n) is 10.2. The van der Waals surface area contributed by atoms with E-state index in [0.717, 1.165) is 15.7 Å². The first kappa shape index (κ1) is 12.2. The Labute approximate surface area is 118 Å². The molecule has 0 spiro atoms. The van der Waals surface area contributed by atoms with Gasteiger partial charge in [-0.3, -0.25) is 4.40 Å². The van der Waals surface area contributed by atoms with Gasteiger partial charge in [0.1, 0.15) is 23.0 Å². The van der Waals surface area contributed by atoms with Crippen LogP contribution in [0.3, 0.4) is 0 Å². The first-order chi connectivity index (χ1) is 9.08. The van der Waals surface area contributed by atoms with Crippen molar-refractivity contribution in [2.75, 3.05) is 5.73 Å². The molecule has 0 aliphatic rings. The molecular formula is C14H11BrFN3. The molecule has 0 aliphatic carbocycles. The van der Waals surface area contributed by atoms with Crippen molar-refractivity contribution in [3.05, 3.63) is 52.4 Å². The lowest BCUT2D eigenvalue weighted by Gasteiger charge is -2.02. The summed E-state index contributed by atoms with van der Waals surface area (Å²) in [6.07, 6.45) is 1.85. The second-order valence-corrected chi connectivity index (χ2v) is 5.21. The van der Waals surface area contributed by atoms with Crippen LogP contribution in [0.4, 0.5) is 10.2 Å². The molecule has 19 heavy (non-hydrogen) atoms. The van der Waals surface area contributed by atoms with Crippen LogP contribution in [-0.2, 0) is 0 Å². The van der Waals surface area contributed by atoms with Gasteiger partial charge in [-0.05, 0) is 36.8 Å². The number of nitrogens with zero attached hydrogens (tertiary/aromatic N) is 2. The maximum absolute atomic E-state index is 13.4. The molecule has 3 rings (SSSR count). The van der Waals surface area contributed by atoms with Gasteiger partial charge in [-0.1, -0.05) is 22.0 Å². The minimum atomic E-state index is -0.314. The lowest BCUT2D eigenvalue weighted by molar-refractivity contribution is 0.628. The van der Waals surface area contributed by atoms with E-state index < -0.39 is 0 Å². The molecule has 0 bridgehead atoms.